The average molecular weight is 355 g/mol. The van der Waals surface area contributed by atoms with Gasteiger partial charge in [0.05, 0.1) is 17.2 Å². The fourth-order valence-corrected chi connectivity index (χ4v) is 3.31. The standard InChI is InChI=1S/C15H19BrN2OS/c1-10(2)14-13(9-19)20-15(17-14)18(3)8-11-4-6-12(16)7-5-11/h4-7,10,19H,8-9H2,1-3H3. The van der Waals surface area contributed by atoms with Gasteiger partial charge in [-0.25, -0.2) is 4.98 Å². The van der Waals surface area contributed by atoms with E-state index in [1.54, 1.807) is 11.3 Å². The van der Waals surface area contributed by atoms with Crippen LogP contribution in [-0.4, -0.2) is 17.1 Å². The number of aliphatic hydroxyl groups excluding tert-OH is 1. The van der Waals surface area contributed by atoms with Gasteiger partial charge < -0.3 is 10.0 Å². The second kappa shape index (κ2) is 6.70. The minimum atomic E-state index is 0.0668. The van der Waals surface area contributed by atoms with Crippen molar-refractivity contribution in [3.05, 3.63) is 44.9 Å². The maximum absolute atomic E-state index is 9.43. The first-order chi connectivity index (χ1) is 9.51. The van der Waals surface area contributed by atoms with Crippen LogP contribution in [0.1, 0.15) is 35.9 Å². The first-order valence-corrected chi connectivity index (χ1v) is 8.18. The van der Waals surface area contributed by atoms with Crippen molar-refractivity contribution in [1.82, 2.24) is 4.98 Å². The minimum Gasteiger partial charge on any atom is -0.391 e. The fourth-order valence-electron chi connectivity index (χ4n) is 2.01. The summed E-state index contributed by atoms with van der Waals surface area (Å²) in [6.07, 6.45) is 0. The van der Waals surface area contributed by atoms with Gasteiger partial charge in [-0.1, -0.05) is 53.2 Å². The molecule has 0 fully saturated rings. The van der Waals surface area contributed by atoms with Crippen molar-refractivity contribution < 1.29 is 5.11 Å². The topological polar surface area (TPSA) is 36.4 Å². The van der Waals surface area contributed by atoms with Crippen LogP contribution >= 0.6 is 27.3 Å². The van der Waals surface area contributed by atoms with Crippen LogP contribution in [-0.2, 0) is 13.2 Å². The lowest BCUT2D eigenvalue weighted by molar-refractivity contribution is 0.283. The van der Waals surface area contributed by atoms with Gasteiger partial charge in [-0.3, -0.25) is 0 Å². The molecule has 1 N–H and O–H groups in total. The Labute approximate surface area is 132 Å². The number of anilines is 1. The number of rotatable bonds is 5. The van der Waals surface area contributed by atoms with Crippen molar-refractivity contribution in [1.29, 1.82) is 0 Å². The van der Waals surface area contributed by atoms with E-state index in [9.17, 15) is 5.11 Å². The number of hydrogen-bond donors (Lipinski definition) is 1. The number of halogens is 1. The van der Waals surface area contributed by atoms with Crippen molar-refractivity contribution in [2.45, 2.75) is 32.9 Å². The van der Waals surface area contributed by atoms with E-state index in [0.717, 1.165) is 26.7 Å². The summed E-state index contributed by atoms with van der Waals surface area (Å²) >= 11 is 5.02. The molecule has 20 heavy (non-hydrogen) atoms. The van der Waals surface area contributed by atoms with E-state index in [-0.39, 0.29) is 6.61 Å². The van der Waals surface area contributed by atoms with Crippen LogP contribution in [0, 0.1) is 0 Å². The fraction of sp³-hybridized carbons (Fsp3) is 0.400. The van der Waals surface area contributed by atoms with Gasteiger partial charge in [0.15, 0.2) is 5.13 Å². The highest BCUT2D eigenvalue weighted by Gasteiger charge is 2.16. The molecule has 108 valence electrons. The van der Waals surface area contributed by atoms with Gasteiger partial charge in [0.1, 0.15) is 0 Å². The number of thiazole rings is 1. The Bertz CT molecular complexity index is 566. The number of aromatic nitrogens is 1. The molecule has 0 unspecified atom stereocenters. The molecule has 0 radical (unpaired) electrons. The molecule has 2 aromatic rings. The first kappa shape index (κ1) is 15.5. The average Bonchev–Trinajstić information content (AvgIpc) is 2.86. The number of benzene rings is 1. The third-order valence-electron chi connectivity index (χ3n) is 3.07. The molecule has 0 aliphatic heterocycles. The van der Waals surface area contributed by atoms with Crippen LogP contribution in [0.2, 0.25) is 0 Å². The normalized spacial score (nSPS) is 11.1. The van der Waals surface area contributed by atoms with Gasteiger partial charge in [-0.2, -0.15) is 0 Å². The van der Waals surface area contributed by atoms with Gasteiger partial charge in [-0.05, 0) is 23.6 Å². The molecular formula is C15H19BrN2OS. The highest BCUT2D eigenvalue weighted by molar-refractivity contribution is 9.10. The van der Waals surface area contributed by atoms with Crippen molar-refractivity contribution in [3.63, 3.8) is 0 Å². The van der Waals surface area contributed by atoms with E-state index in [1.165, 1.54) is 5.56 Å². The Morgan fingerprint density at radius 1 is 1.30 bits per heavy atom. The number of nitrogens with zero attached hydrogens (tertiary/aromatic N) is 2. The molecule has 1 heterocycles. The van der Waals surface area contributed by atoms with E-state index >= 15 is 0 Å². The smallest absolute Gasteiger partial charge is 0.185 e. The summed E-state index contributed by atoms with van der Waals surface area (Å²) in [6.45, 7) is 5.08. The molecular weight excluding hydrogens is 336 g/mol. The largest absolute Gasteiger partial charge is 0.391 e. The third-order valence-corrected chi connectivity index (χ3v) is 4.77. The minimum absolute atomic E-state index is 0.0668. The quantitative estimate of drug-likeness (QED) is 0.875. The zero-order valence-electron chi connectivity index (χ0n) is 11.9. The summed E-state index contributed by atoms with van der Waals surface area (Å²) in [6, 6.07) is 8.29. The van der Waals surface area contributed by atoms with Crippen LogP contribution in [0.3, 0.4) is 0 Å². The van der Waals surface area contributed by atoms with Crippen molar-refractivity contribution in [3.8, 4) is 0 Å². The Hall–Kier alpha value is -0.910. The molecule has 1 aromatic heterocycles. The number of hydrogen-bond acceptors (Lipinski definition) is 4. The predicted octanol–water partition coefficient (Wildman–Crippen LogP) is 4.16. The molecule has 3 nitrogen and oxygen atoms in total. The second-order valence-electron chi connectivity index (χ2n) is 5.10. The SMILES string of the molecule is CC(C)c1nc(N(C)Cc2ccc(Br)cc2)sc1CO. The highest BCUT2D eigenvalue weighted by atomic mass is 79.9. The van der Waals surface area contributed by atoms with Crippen LogP contribution in [0.15, 0.2) is 28.7 Å². The molecule has 0 bridgehead atoms. The van der Waals surface area contributed by atoms with Crippen LogP contribution in [0.25, 0.3) is 0 Å². The molecule has 0 amide bonds. The lowest BCUT2D eigenvalue weighted by Crippen LogP contribution is -2.16. The summed E-state index contributed by atoms with van der Waals surface area (Å²) in [5, 5.41) is 10.4. The monoisotopic (exact) mass is 354 g/mol. The Morgan fingerprint density at radius 3 is 2.45 bits per heavy atom. The van der Waals surface area contributed by atoms with Gasteiger partial charge in [0, 0.05) is 18.1 Å². The molecule has 0 atom stereocenters. The molecule has 2 rings (SSSR count). The zero-order chi connectivity index (χ0) is 14.7. The van der Waals surface area contributed by atoms with Crippen molar-refractivity contribution in [2.24, 2.45) is 0 Å². The maximum Gasteiger partial charge on any atom is 0.185 e. The second-order valence-corrected chi connectivity index (χ2v) is 7.08. The van der Waals surface area contributed by atoms with E-state index in [0.29, 0.717) is 5.92 Å². The van der Waals surface area contributed by atoms with Gasteiger partial charge in [0.25, 0.3) is 0 Å². The highest BCUT2D eigenvalue weighted by Crippen LogP contribution is 2.30. The van der Waals surface area contributed by atoms with Crippen LogP contribution in [0.5, 0.6) is 0 Å². The summed E-state index contributed by atoms with van der Waals surface area (Å²) in [5.74, 6) is 0.336. The summed E-state index contributed by atoms with van der Waals surface area (Å²) in [5.41, 5.74) is 2.25. The molecule has 0 aliphatic carbocycles. The van der Waals surface area contributed by atoms with E-state index in [2.05, 4.69) is 51.8 Å². The van der Waals surface area contributed by atoms with Crippen LogP contribution < -0.4 is 4.90 Å². The Morgan fingerprint density at radius 2 is 1.95 bits per heavy atom. The van der Waals surface area contributed by atoms with E-state index in [1.807, 2.05) is 19.2 Å². The summed E-state index contributed by atoms with van der Waals surface area (Å²) in [7, 11) is 2.03. The third kappa shape index (κ3) is 3.59. The van der Waals surface area contributed by atoms with Gasteiger partial charge in [-0.15, -0.1) is 0 Å². The Kier molecular flexibility index (Phi) is 5.18. The summed E-state index contributed by atoms with van der Waals surface area (Å²) < 4.78 is 1.09. The molecule has 1 aromatic carbocycles. The van der Waals surface area contributed by atoms with Crippen LogP contribution in [0.4, 0.5) is 5.13 Å². The molecule has 5 heteroatoms. The van der Waals surface area contributed by atoms with E-state index < -0.39 is 0 Å². The lowest BCUT2D eigenvalue weighted by atomic mass is 10.1. The predicted molar refractivity (Wildman–Crippen MR) is 88.4 cm³/mol. The number of aliphatic hydroxyl groups is 1. The molecule has 0 saturated heterocycles. The maximum atomic E-state index is 9.43. The van der Waals surface area contributed by atoms with Crippen molar-refractivity contribution >= 4 is 32.4 Å². The molecule has 0 aliphatic rings. The van der Waals surface area contributed by atoms with Gasteiger partial charge >= 0.3 is 0 Å². The lowest BCUT2D eigenvalue weighted by Gasteiger charge is -2.15. The zero-order valence-corrected chi connectivity index (χ0v) is 14.3. The summed E-state index contributed by atoms with van der Waals surface area (Å²) in [4.78, 5) is 7.76. The molecule has 0 saturated carbocycles. The van der Waals surface area contributed by atoms with Gasteiger partial charge in [0.2, 0.25) is 0 Å². The first-order valence-electron chi connectivity index (χ1n) is 6.57. The van der Waals surface area contributed by atoms with E-state index in [4.69, 9.17) is 0 Å². The molecule has 0 spiro atoms. The van der Waals surface area contributed by atoms with Crippen molar-refractivity contribution in [2.75, 3.05) is 11.9 Å². The Balaban J connectivity index is 2.16.